The highest BCUT2D eigenvalue weighted by Gasteiger charge is 2.33. The molecule has 2 aromatic carbocycles. The van der Waals surface area contributed by atoms with Crippen molar-refractivity contribution in [3.8, 4) is 11.5 Å². The van der Waals surface area contributed by atoms with Gasteiger partial charge >= 0.3 is 0 Å². The van der Waals surface area contributed by atoms with E-state index in [1.165, 1.54) is 25.2 Å². The van der Waals surface area contributed by atoms with Gasteiger partial charge in [-0.1, -0.05) is 0 Å². The van der Waals surface area contributed by atoms with Crippen molar-refractivity contribution in [3.63, 3.8) is 0 Å². The first kappa shape index (κ1) is 22.1. The summed E-state index contributed by atoms with van der Waals surface area (Å²) in [6.07, 6.45) is 0.448. The van der Waals surface area contributed by atoms with Crippen molar-refractivity contribution in [1.82, 2.24) is 4.90 Å². The zero-order chi connectivity index (χ0) is 22.7. The van der Waals surface area contributed by atoms with Gasteiger partial charge in [0.05, 0.1) is 30.8 Å². The van der Waals surface area contributed by atoms with Crippen molar-refractivity contribution < 1.29 is 32.8 Å². The van der Waals surface area contributed by atoms with Gasteiger partial charge in [0.15, 0.2) is 17.3 Å². The number of amides is 1. The van der Waals surface area contributed by atoms with E-state index < -0.39 is 39.9 Å². The Bertz CT molecular complexity index is 1030. The quantitative estimate of drug-likeness (QED) is 0.391. The Morgan fingerprint density at radius 2 is 1.65 bits per heavy atom. The van der Waals surface area contributed by atoms with Gasteiger partial charge in [-0.25, -0.2) is 8.78 Å². The number of methoxy groups -OCH3 is 2. The van der Waals surface area contributed by atoms with Gasteiger partial charge in [0.1, 0.15) is 17.2 Å². The summed E-state index contributed by atoms with van der Waals surface area (Å²) < 4.78 is 37.5. The minimum atomic E-state index is -0.800. The summed E-state index contributed by atoms with van der Waals surface area (Å²) in [5.74, 6) is -2.92. The molecule has 0 aromatic heterocycles. The summed E-state index contributed by atoms with van der Waals surface area (Å²) in [4.78, 5) is 37.7. The minimum absolute atomic E-state index is 0.118. The van der Waals surface area contributed by atoms with Crippen LogP contribution in [0.3, 0.4) is 0 Å². The summed E-state index contributed by atoms with van der Waals surface area (Å²) >= 11 is 0. The van der Waals surface area contributed by atoms with Gasteiger partial charge in [-0.05, 0) is 31.0 Å². The molecule has 0 radical (unpaired) electrons. The second-order valence-corrected chi connectivity index (χ2v) is 7.04. The van der Waals surface area contributed by atoms with Gasteiger partial charge in [-0.2, -0.15) is 0 Å². The number of ketones is 1. The van der Waals surface area contributed by atoms with Gasteiger partial charge in [0.25, 0.3) is 11.6 Å². The van der Waals surface area contributed by atoms with Gasteiger partial charge in [0.2, 0.25) is 0 Å². The van der Waals surface area contributed by atoms with Gasteiger partial charge in [-0.3, -0.25) is 19.7 Å². The van der Waals surface area contributed by atoms with Crippen LogP contribution in [-0.4, -0.2) is 48.8 Å². The largest absolute Gasteiger partial charge is 0.493 e. The molecule has 8 nitrogen and oxygen atoms in total. The molecule has 31 heavy (non-hydrogen) atoms. The molecule has 0 aliphatic carbocycles. The fraction of sp³-hybridized carbons (Fsp3) is 0.333. The summed E-state index contributed by atoms with van der Waals surface area (Å²) in [6, 6.07) is 5.07. The number of rotatable bonds is 6. The number of piperidine rings is 1. The average Bonchev–Trinajstić information content (AvgIpc) is 2.78. The van der Waals surface area contributed by atoms with Crippen molar-refractivity contribution in [3.05, 3.63) is 63.2 Å². The van der Waals surface area contributed by atoms with Crippen LogP contribution in [0.25, 0.3) is 0 Å². The fourth-order valence-electron chi connectivity index (χ4n) is 3.61. The van der Waals surface area contributed by atoms with Crippen molar-refractivity contribution in [2.45, 2.75) is 12.8 Å². The highest BCUT2D eigenvalue weighted by molar-refractivity contribution is 6.00. The molecule has 0 atom stereocenters. The van der Waals surface area contributed by atoms with E-state index in [4.69, 9.17) is 9.47 Å². The zero-order valence-corrected chi connectivity index (χ0v) is 16.9. The third-order valence-electron chi connectivity index (χ3n) is 5.28. The fourth-order valence-corrected chi connectivity index (χ4v) is 3.61. The number of nitro groups is 1. The number of halogens is 2. The Morgan fingerprint density at radius 1 is 1.03 bits per heavy atom. The Balaban J connectivity index is 1.78. The maximum atomic E-state index is 13.9. The molecule has 164 valence electrons. The van der Waals surface area contributed by atoms with E-state index in [1.54, 1.807) is 0 Å². The lowest BCUT2D eigenvalue weighted by Crippen LogP contribution is -2.40. The SMILES string of the molecule is COc1cc(C(=O)N2CCC(C(=O)c3cc(F)ccc3F)CC2)c([N+](=O)[O-])cc1OC. The molecule has 0 N–H and O–H groups in total. The van der Waals surface area contributed by atoms with E-state index in [0.29, 0.717) is 0 Å². The molecule has 1 saturated heterocycles. The van der Waals surface area contributed by atoms with Crippen molar-refractivity contribution in [1.29, 1.82) is 0 Å². The van der Waals surface area contributed by atoms with E-state index in [0.717, 1.165) is 24.3 Å². The number of nitrogens with zero attached hydrogens (tertiary/aromatic N) is 2. The third kappa shape index (κ3) is 4.47. The summed E-state index contributed by atoms with van der Waals surface area (Å²) in [5.41, 5.74) is -0.911. The molecular weight excluding hydrogens is 414 g/mol. The van der Waals surface area contributed by atoms with Crippen molar-refractivity contribution in [2.75, 3.05) is 27.3 Å². The number of hydrogen-bond acceptors (Lipinski definition) is 6. The molecule has 1 amide bonds. The lowest BCUT2D eigenvalue weighted by molar-refractivity contribution is -0.385. The molecular formula is C21H20F2N2O6. The van der Waals surface area contributed by atoms with E-state index in [2.05, 4.69) is 0 Å². The Kier molecular flexibility index (Phi) is 6.47. The van der Waals surface area contributed by atoms with Crippen LogP contribution in [0.5, 0.6) is 11.5 Å². The summed E-state index contributed by atoms with van der Waals surface area (Å²) in [5, 5.41) is 11.5. The first-order valence-corrected chi connectivity index (χ1v) is 9.45. The predicted molar refractivity (Wildman–Crippen MR) is 106 cm³/mol. The number of carbonyl (C=O) groups excluding carboxylic acids is 2. The highest BCUT2D eigenvalue weighted by atomic mass is 19.1. The number of hydrogen-bond donors (Lipinski definition) is 0. The monoisotopic (exact) mass is 434 g/mol. The molecule has 2 aromatic rings. The molecule has 0 spiro atoms. The third-order valence-corrected chi connectivity index (χ3v) is 5.28. The standard InChI is InChI=1S/C21H20F2N2O6/c1-30-18-10-15(17(25(28)29)11-19(18)31-2)21(27)24-7-5-12(6-8-24)20(26)14-9-13(22)3-4-16(14)23/h3-4,9-12H,5-8H2,1-2H3. The van der Waals surface area contributed by atoms with E-state index in [1.807, 2.05) is 0 Å². The number of ether oxygens (including phenoxy) is 2. The Labute approximate surface area is 176 Å². The first-order chi connectivity index (χ1) is 14.8. The van der Waals surface area contributed by atoms with Crippen LogP contribution < -0.4 is 9.47 Å². The maximum absolute atomic E-state index is 13.9. The number of Topliss-reactive ketones (excluding diaryl/α,β-unsaturated/α-hetero) is 1. The molecule has 1 fully saturated rings. The van der Waals surface area contributed by atoms with Gasteiger partial charge < -0.3 is 14.4 Å². The number of carbonyl (C=O) groups is 2. The Morgan fingerprint density at radius 3 is 2.23 bits per heavy atom. The number of likely N-dealkylation sites (tertiary alicyclic amines) is 1. The number of benzene rings is 2. The molecule has 1 aliphatic rings. The number of nitro benzene ring substituents is 1. The highest BCUT2D eigenvalue weighted by Crippen LogP contribution is 2.35. The second kappa shape index (κ2) is 9.07. The second-order valence-electron chi connectivity index (χ2n) is 7.04. The van der Waals surface area contributed by atoms with Crippen molar-refractivity contribution in [2.24, 2.45) is 5.92 Å². The van der Waals surface area contributed by atoms with Crippen LogP contribution in [0.15, 0.2) is 30.3 Å². The Hall–Kier alpha value is -3.56. The lowest BCUT2D eigenvalue weighted by Gasteiger charge is -2.31. The smallest absolute Gasteiger partial charge is 0.286 e. The summed E-state index contributed by atoms with van der Waals surface area (Å²) in [7, 11) is 2.67. The molecule has 1 aliphatic heterocycles. The van der Waals surface area contributed by atoms with Gasteiger partial charge in [-0.15, -0.1) is 0 Å². The first-order valence-electron chi connectivity index (χ1n) is 9.45. The van der Waals surface area contributed by atoms with Crippen LogP contribution >= 0.6 is 0 Å². The molecule has 0 saturated carbocycles. The normalized spacial score (nSPS) is 14.3. The molecule has 0 bridgehead atoms. The maximum Gasteiger partial charge on any atom is 0.286 e. The lowest BCUT2D eigenvalue weighted by atomic mass is 9.88. The van der Waals surface area contributed by atoms with E-state index >= 15 is 0 Å². The zero-order valence-electron chi connectivity index (χ0n) is 16.9. The minimum Gasteiger partial charge on any atom is -0.493 e. The topological polar surface area (TPSA) is 99.0 Å². The molecule has 1 heterocycles. The van der Waals surface area contributed by atoms with Crippen LogP contribution in [0.4, 0.5) is 14.5 Å². The molecule has 0 unspecified atom stereocenters. The van der Waals surface area contributed by atoms with Crippen LogP contribution in [0.1, 0.15) is 33.6 Å². The van der Waals surface area contributed by atoms with E-state index in [9.17, 15) is 28.5 Å². The van der Waals surface area contributed by atoms with Crippen molar-refractivity contribution >= 4 is 17.4 Å². The van der Waals surface area contributed by atoms with Crippen LogP contribution in [0.2, 0.25) is 0 Å². The molecule has 10 heteroatoms. The van der Waals surface area contributed by atoms with Crippen LogP contribution in [0, 0.1) is 27.7 Å². The molecule has 3 rings (SSSR count). The van der Waals surface area contributed by atoms with Crippen LogP contribution in [-0.2, 0) is 0 Å². The summed E-state index contributed by atoms with van der Waals surface area (Å²) in [6.45, 7) is 0.273. The predicted octanol–water partition coefficient (Wildman–Crippen LogP) is 3.63. The van der Waals surface area contributed by atoms with Gasteiger partial charge in [0, 0.05) is 25.1 Å². The van der Waals surface area contributed by atoms with E-state index in [-0.39, 0.29) is 48.6 Å². The average molecular weight is 434 g/mol.